The van der Waals surface area contributed by atoms with E-state index in [4.69, 9.17) is 4.84 Å². The molecule has 100 valence electrons. The van der Waals surface area contributed by atoms with Crippen LogP contribution >= 0.6 is 0 Å². The van der Waals surface area contributed by atoms with Crippen LogP contribution in [0, 0.1) is 6.92 Å². The number of nitrogens with zero attached hydrogens (tertiary/aromatic N) is 2. The second-order valence-electron chi connectivity index (χ2n) is 5.35. The Bertz CT molecular complexity index is 666. The Morgan fingerprint density at radius 2 is 1.95 bits per heavy atom. The lowest BCUT2D eigenvalue weighted by Gasteiger charge is -2.28. The number of pyridine rings is 1. The summed E-state index contributed by atoms with van der Waals surface area (Å²) in [4.78, 5) is 10.5. The van der Waals surface area contributed by atoms with E-state index in [1.807, 2.05) is 36.3 Å². The molecule has 0 radical (unpaired) electrons. The summed E-state index contributed by atoms with van der Waals surface area (Å²) in [6, 6.07) is 16.9. The van der Waals surface area contributed by atoms with Gasteiger partial charge in [-0.3, -0.25) is 4.84 Å². The molecule has 1 aromatic carbocycles. The predicted octanol–water partition coefficient (Wildman–Crippen LogP) is 3.37. The molecule has 1 aliphatic heterocycles. The molecule has 4 rings (SSSR count). The van der Waals surface area contributed by atoms with E-state index in [-0.39, 0.29) is 12.1 Å². The highest BCUT2D eigenvalue weighted by molar-refractivity contribution is 5.76. The van der Waals surface area contributed by atoms with Crippen LogP contribution < -0.4 is 5.06 Å². The van der Waals surface area contributed by atoms with Crippen molar-refractivity contribution in [2.24, 2.45) is 0 Å². The topological polar surface area (TPSA) is 25.4 Å². The van der Waals surface area contributed by atoms with Crippen LogP contribution in [-0.4, -0.2) is 17.1 Å². The molecular formula is C17H16N2O. The zero-order valence-electron chi connectivity index (χ0n) is 11.4. The van der Waals surface area contributed by atoms with Gasteiger partial charge >= 0.3 is 0 Å². The molecule has 1 aromatic heterocycles. The Balaban J connectivity index is 1.69. The first-order chi connectivity index (χ1) is 9.81. The van der Waals surface area contributed by atoms with E-state index in [9.17, 15) is 0 Å². The smallest absolute Gasteiger partial charge is 0.153 e. The minimum atomic E-state index is 0.178. The highest BCUT2D eigenvalue weighted by Crippen LogP contribution is 2.41. The van der Waals surface area contributed by atoms with Gasteiger partial charge in [0.15, 0.2) is 5.82 Å². The summed E-state index contributed by atoms with van der Waals surface area (Å²) >= 11 is 0. The fourth-order valence-corrected chi connectivity index (χ4v) is 3.03. The van der Waals surface area contributed by atoms with Gasteiger partial charge in [-0.2, -0.15) is 0 Å². The van der Waals surface area contributed by atoms with Crippen molar-refractivity contribution in [3.63, 3.8) is 0 Å². The summed E-state index contributed by atoms with van der Waals surface area (Å²) in [7, 11) is 0. The molecule has 0 amide bonds. The maximum absolute atomic E-state index is 5.95. The van der Waals surface area contributed by atoms with E-state index < -0.39 is 0 Å². The van der Waals surface area contributed by atoms with Crippen LogP contribution in [0.4, 0.5) is 5.82 Å². The molecule has 0 N–H and O–H groups in total. The SMILES string of the molecule is Cc1cccc(N2OC3C=C(c4ccccc4)C2C3)n1. The molecule has 2 heterocycles. The standard InChI is InChI=1S/C17H16N2O/c1-12-6-5-9-17(18-12)19-16-11-14(20-19)10-15(16)13-7-3-2-4-8-13/h2-10,14,16H,11H2,1H3. The molecule has 3 nitrogen and oxygen atoms in total. The van der Waals surface area contributed by atoms with Gasteiger partial charge in [-0.1, -0.05) is 36.4 Å². The first-order valence-electron chi connectivity index (χ1n) is 6.98. The minimum absolute atomic E-state index is 0.178. The third-order valence-electron chi connectivity index (χ3n) is 3.92. The van der Waals surface area contributed by atoms with Crippen LogP contribution in [-0.2, 0) is 4.84 Å². The number of hydroxylamine groups is 1. The van der Waals surface area contributed by atoms with E-state index in [1.165, 1.54) is 11.1 Å². The molecule has 1 saturated heterocycles. The fourth-order valence-electron chi connectivity index (χ4n) is 3.03. The number of fused-ring (bicyclic) bond motifs is 2. The van der Waals surface area contributed by atoms with E-state index in [0.29, 0.717) is 0 Å². The van der Waals surface area contributed by atoms with Crippen LogP contribution in [0.15, 0.2) is 54.6 Å². The highest BCUT2D eigenvalue weighted by Gasteiger charge is 2.41. The summed E-state index contributed by atoms with van der Waals surface area (Å²) < 4.78 is 0. The quantitative estimate of drug-likeness (QED) is 0.831. The van der Waals surface area contributed by atoms with Crippen molar-refractivity contribution in [2.45, 2.75) is 25.5 Å². The Labute approximate surface area is 118 Å². The van der Waals surface area contributed by atoms with Crippen LogP contribution in [0.5, 0.6) is 0 Å². The Hall–Kier alpha value is -2.13. The second kappa shape index (κ2) is 4.46. The average molecular weight is 264 g/mol. The first-order valence-corrected chi connectivity index (χ1v) is 6.98. The van der Waals surface area contributed by atoms with Crippen LogP contribution in [0.25, 0.3) is 5.57 Å². The van der Waals surface area contributed by atoms with Gasteiger partial charge in [0.1, 0.15) is 6.10 Å². The van der Waals surface area contributed by atoms with E-state index in [0.717, 1.165) is 17.9 Å². The summed E-state index contributed by atoms with van der Waals surface area (Å²) in [5.41, 5.74) is 3.64. The molecule has 2 bridgehead atoms. The molecule has 0 spiro atoms. The number of hydrogen-bond donors (Lipinski definition) is 0. The summed E-state index contributed by atoms with van der Waals surface area (Å²) in [6.07, 6.45) is 3.43. The zero-order valence-corrected chi connectivity index (χ0v) is 11.4. The maximum atomic E-state index is 5.95. The fraction of sp³-hybridized carbons (Fsp3) is 0.235. The molecule has 0 saturated carbocycles. The molecule has 2 aromatic rings. The average Bonchev–Trinajstić information content (AvgIpc) is 3.08. The number of hydrogen-bond acceptors (Lipinski definition) is 3. The van der Waals surface area contributed by atoms with Crippen molar-refractivity contribution in [1.29, 1.82) is 0 Å². The first kappa shape index (κ1) is 11.7. The van der Waals surface area contributed by atoms with Gasteiger partial charge in [0, 0.05) is 12.1 Å². The third-order valence-corrected chi connectivity index (χ3v) is 3.92. The number of anilines is 1. The molecule has 2 atom stereocenters. The lowest BCUT2D eigenvalue weighted by molar-refractivity contribution is 0.110. The normalized spacial score (nSPS) is 24.1. The molecule has 3 heteroatoms. The highest BCUT2D eigenvalue weighted by atomic mass is 16.7. The van der Waals surface area contributed by atoms with Gasteiger partial charge < -0.3 is 0 Å². The lowest BCUT2D eigenvalue weighted by atomic mass is 10.0. The van der Waals surface area contributed by atoms with Crippen molar-refractivity contribution in [3.8, 4) is 0 Å². The van der Waals surface area contributed by atoms with Crippen molar-refractivity contribution in [2.75, 3.05) is 5.06 Å². The zero-order chi connectivity index (χ0) is 13.5. The number of aromatic nitrogens is 1. The maximum Gasteiger partial charge on any atom is 0.153 e. The van der Waals surface area contributed by atoms with E-state index >= 15 is 0 Å². The molecule has 1 fully saturated rings. The number of benzene rings is 1. The molecular weight excluding hydrogens is 248 g/mol. The van der Waals surface area contributed by atoms with Gasteiger partial charge in [0.25, 0.3) is 0 Å². The van der Waals surface area contributed by atoms with E-state index in [1.54, 1.807) is 0 Å². The molecule has 1 aliphatic carbocycles. The summed E-state index contributed by atoms with van der Waals surface area (Å²) in [5.74, 6) is 0.902. The lowest BCUT2D eigenvalue weighted by Crippen LogP contribution is -2.31. The minimum Gasteiger partial charge on any atom is -0.264 e. The number of aryl methyl sites for hydroxylation is 1. The van der Waals surface area contributed by atoms with Crippen molar-refractivity contribution < 1.29 is 4.84 Å². The van der Waals surface area contributed by atoms with Crippen LogP contribution in [0.1, 0.15) is 17.7 Å². The van der Waals surface area contributed by atoms with Gasteiger partial charge in [0.2, 0.25) is 0 Å². The summed E-state index contributed by atoms with van der Waals surface area (Å²) in [5, 5.41) is 1.97. The Morgan fingerprint density at radius 1 is 1.10 bits per heavy atom. The van der Waals surface area contributed by atoms with Gasteiger partial charge in [-0.25, -0.2) is 10.0 Å². The largest absolute Gasteiger partial charge is 0.264 e. The van der Waals surface area contributed by atoms with Crippen molar-refractivity contribution >= 4 is 11.4 Å². The Kier molecular flexibility index (Phi) is 2.60. The predicted molar refractivity (Wildman–Crippen MR) is 79.2 cm³/mol. The van der Waals surface area contributed by atoms with Gasteiger partial charge in [-0.05, 0) is 36.3 Å². The van der Waals surface area contributed by atoms with Crippen LogP contribution in [0.3, 0.4) is 0 Å². The number of rotatable bonds is 2. The van der Waals surface area contributed by atoms with E-state index in [2.05, 4.69) is 35.3 Å². The summed E-state index contributed by atoms with van der Waals surface area (Å²) in [6.45, 7) is 2.01. The molecule has 20 heavy (non-hydrogen) atoms. The second-order valence-corrected chi connectivity index (χ2v) is 5.35. The monoisotopic (exact) mass is 264 g/mol. The third kappa shape index (κ3) is 1.82. The van der Waals surface area contributed by atoms with Gasteiger partial charge in [-0.15, -0.1) is 0 Å². The van der Waals surface area contributed by atoms with Crippen molar-refractivity contribution in [1.82, 2.24) is 4.98 Å². The van der Waals surface area contributed by atoms with Gasteiger partial charge in [0.05, 0.1) is 6.04 Å². The van der Waals surface area contributed by atoms with Crippen LogP contribution in [0.2, 0.25) is 0 Å². The molecule has 2 unspecified atom stereocenters. The molecule has 2 aliphatic rings. The van der Waals surface area contributed by atoms with Crippen molar-refractivity contribution in [3.05, 3.63) is 65.9 Å². The Morgan fingerprint density at radius 3 is 2.70 bits per heavy atom.